The maximum atomic E-state index is 13.3. The van der Waals surface area contributed by atoms with Gasteiger partial charge >= 0.3 is 6.18 Å². The molecule has 34 heavy (non-hydrogen) atoms. The van der Waals surface area contributed by atoms with Gasteiger partial charge in [-0.2, -0.15) is 18.4 Å². The van der Waals surface area contributed by atoms with Gasteiger partial charge in [-0.05, 0) is 30.3 Å². The van der Waals surface area contributed by atoms with Gasteiger partial charge in [0.15, 0.2) is 11.9 Å². The highest BCUT2D eigenvalue weighted by molar-refractivity contribution is 7.14. The zero-order valence-electron chi connectivity index (χ0n) is 18.7. The molecular weight excluding hydrogens is 465 g/mol. The highest BCUT2D eigenvalue weighted by Crippen LogP contribution is 2.36. The number of benzene rings is 2. The molecular formula is C24H24F3N4O2S+. The van der Waals surface area contributed by atoms with Crippen LogP contribution in [0.25, 0.3) is 11.3 Å². The zero-order valence-corrected chi connectivity index (χ0v) is 19.5. The van der Waals surface area contributed by atoms with Crippen molar-refractivity contribution in [3.8, 4) is 17.3 Å². The van der Waals surface area contributed by atoms with E-state index in [4.69, 9.17) is 5.26 Å². The number of aliphatic hydroxyl groups is 1. The minimum atomic E-state index is -4.56. The molecule has 6 nitrogen and oxygen atoms in total. The number of halogens is 3. The molecule has 1 N–H and O–H groups in total. The number of hydrogen-bond acceptors (Lipinski definition) is 5. The molecule has 0 unspecified atom stereocenters. The molecule has 0 fully saturated rings. The lowest BCUT2D eigenvalue weighted by atomic mass is 10.1. The highest BCUT2D eigenvalue weighted by atomic mass is 32.1. The molecule has 1 aromatic heterocycles. The fourth-order valence-electron chi connectivity index (χ4n) is 3.27. The van der Waals surface area contributed by atoms with Crippen LogP contribution in [0.4, 0.5) is 24.0 Å². The number of rotatable bonds is 8. The standard InChI is InChI=1S/C24H24F3N4O2S/c1-31(2,16-32)11-5-10-22(33)30(20-9-4-8-19(13-20)24(25,26)27)23-29-21(15-34-23)18-7-3-6-17(12-18)14-28/h3-4,6-9,12-13,15,32H,5,10-11,16H2,1-2H3/q+1. The summed E-state index contributed by atoms with van der Waals surface area (Å²) in [7, 11) is 3.63. The van der Waals surface area contributed by atoms with Crippen molar-refractivity contribution in [3.05, 3.63) is 65.0 Å². The first-order valence-electron chi connectivity index (χ1n) is 10.4. The van der Waals surface area contributed by atoms with E-state index in [1.54, 1.807) is 29.6 Å². The third-order valence-electron chi connectivity index (χ3n) is 5.19. The SMILES string of the molecule is C[N+](C)(CO)CCCC(=O)N(c1cccc(C(F)(F)F)c1)c1nc(-c2cccc(C#N)c2)cs1. The Kier molecular flexibility index (Phi) is 7.71. The van der Waals surface area contributed by atoms with Gasteiger partial charge in [0.1, 0.15) is 0 Å². The van der Waals surface area contributed by atoms with Crippen LogP contribution >= 0.6 is 11.3 Å². The van der Waals surface area contributed by atoms with Crippen LogP contribution in [0.15, 0.2) is 53.9 Å². The van der Waals surface area contributed by atoms with Crippen LogP contribution in [0.5, 0.6) is 0 Å². The Labute approximate surface area is 199 Å². The normalized spacial score (nSPS) is 11.8. The number of hydrogen-bond donors (Lipinski definition) is 1. The van der Waals surface area contributed by atoms with E-state index in [1.807, 2.05) is 14.1 Å². The second-order valence-electron chi connectivity index (χ2n) is 8.39. The van der Waals surface area contributed by atoms with Gasteiger partial charge in [0.2, 0.25) is 5.91 Å². The van der Waals surface area contributed by atoms with Gasteiger partial charge in [-0.1, -0.05) is 18.2 Å². The van der Waals surface area contributed by atoms with Gasteiger partial charge in [-0.15, -0.1) is 11.3 Å². The number of aliphatic hydroxyl groups excluding tert-OH is 1. The maximum Gasteiger partial charge on any atom is 0.416 e. The van der Waals surface area contributed by atoms with Crippen molar-refractivity contribution >= 4 is 28.1 Å². The predicted octanol–water partition coefficient (Wildman–Crippen LogP) is 5.17. The minimum Gasteiger partial charge on any atom is -0.347 e. The Morgan fingerprint density at radius 1 is 1.21 bits per heavy atom. The van der Waals surface area contributed by atoms with Gasteiger partial charge in [-0.25, -0.2) is 4.98 Å². The van der Waals surface area contributed by atoms with E-state index in [0.29, 0.717) is 34.3 Å². The van der Waals surface area contributed by atoms with E-state index < -0.39 is 17.6 Å². The maximum absolute atomic E-state index is 13.3. The molecule has 0 saturated carbocycles. The molecule has 0 saturated heterocycles. The molecule has 3 rings (SSSR count). The smallest absolute Gasteiger partial charge is 0.347 e. The summed E-state index contributed by atoms with van der Waals surface area (Å²) in [6, 6.07) is 13.4. The van der Waals surface area contributed by atoms with Gasteiger partial charge in [0, 0.05) is 23.8 Å². The summed E-state index contributed by atoms with van der Waals surface area (Å²) in [6.45, 7) is 0.422. The van der Waals surface area contributed by atoms with Crippen molar-refractivity contribution in [3.63, 3.8) is 0 Å². The summed E-state index contributed by atoms with van der Waals surface area (Å²) in [5.41, 5.74) is 0.837. The van der Waals surface area contributed by atoms with Crippen LogP contribution in [-0.2, 0) is 11.0 Å². The van der Waals surface area contributed by atoms with Crippen LogP contribution in [0.2, 0.25) is 0 Å². The van der Waals surface area contributed by atoms with Crippen molar-refractivity contribution in [1.82, 2.24) is 4.98 Å². The third kappa shape index (κ3) is 6.20. The second kappa shape index (κ2) is 10.3. The molecule has 3 aromatic rings. The number of alkyl halides is 3. The number of carbonyl (C=O) groups excluding carboxylic acids is 1. The first-order chi connectivity index (χ1) is 16.0. The van der Waals surface area contributed by atoms with Crippen LogP contribution in [0, 0.1) is 11.3 Å². The lowest BCUT2D eigenvalue weighted by molar-refractivity contribution is -0.908. The average Bonchev–Trinajstić information content (AvgIpc) is 3.28. The molecule has 178 valence electrons. The molecule has 10 heteroatoms. The first-order valence-corrected chi connectivity index (χ1v) is 11.3. The largest absolute Gasteiger partial charge is 0.416 e. The topological polar surface area (TPSA) is 77.2 Å². The fourth-order valence-corrected chi connectivity index (χ4v) is 4.14. The lowest BCUT2D eigenvalue weighted by Gasteiger charge is -2.27. The van der Waals surface area contributed by atoms with Crippen molar-refractivity contribution in [2.75, 3.05) is 32.3 Å². The molecule has 0 bridgehead atoms. The number of anilines is 2. The number of amides is 1. The van der Waals surface area contributed by atoms with Crippen LogP contribution in [0.3, 0.4) is 0 Å². The molecule has 0 aliphatic heterocycles. The average molecular weight is 490 g/mol. The highest BCUT2D eigenvalue weighted by Gasteiger charge is 2.32. The number of nitriles is 1. The van der Waals surface area contributed by atoms with Crippen LogP contribution in [0.1, 0.15) is 24.0 Å². The minimum absolute atomic E-state index is 0.0662. The third-order valence-corrected chi connectivity index (χ3v) is 6.01. The van der Waals surface area contributed by atoms with Gasteiger partial charge in [0.05, 0.1) is 49.2 Å². The van der Waals surface area contributed by atoms with Crippen molar-refractivity contribution in [2.24, 2.45) is 0 Å². The Bertz CT molecular complexity index is 1200. The fraction of sp³-hybridized carbons (Fsp3) is 0.292. The number of carbonyl (C=O) groups is 1. The van der Waals surface area contributed by atoms with Crippen molar-refractivity contribution in [2.45, 2.75) is 19.0 Å². The molecule has 0 radical (unpaired) electrons. The van der Waals surface area contributed by atoms with E-state index in [-0.39, 0.29) is 24.0 Å². The lowest BCUT2D eigenvalue weighted by Crippen LogP contribution is -2.41. The van der Waals surface area contributed by atoms with Crippen LogP contribution in [-0.4, -0.2) is 47.9 Å². The summed E-state index contributed by atoms with van der Waals surface area (Å²) in [6.07, 6.45) is -4.06. The molecule has 1 heterocycles. The summed E-state index contributed by atoms with van der Waals surface area (Å²) in [5, 5.41) is 20.5. The van der Waals surface area contributed by atoms with Gasteiger partial charge in [0.25, 0.3) is 0 Å². The summed E-state index contributed by atoms with van der Waals surface area (Å²) >= 11 is 1.13. The summed E-state index contributed by atoms with van der Waals surface area (Å²) in [5.74, 6) is -0.399. The van der Waals surface area contributed by atoms with Crippen molar-refractivity contribution in [1.29, 1.82) is 5.26 Å². The molecule has 0 aliphatic rings. The van der Waals surface area contributed by atoms with E-state index in [2.05, 4.69) is 11.1 Å². The zero-order chi connectivity index (χ0) is 24.9. The monoisotopic (exact) mass is 489 g/mol. The number of quaternary nitrogens is 1. The molecule has 1 amide bonds. The number of aromatic nitrogens is 1. The van der Waals surface area contributed by atoms with Crippen molar-refractivity contribution < 1.29 is 27.6 Å². The number of nitrogens with zero attached hydrogens (tertiary/aromatic N) is 4. The van der Waals surface area contributed by atoms with E-state index in [0.717, 1.165) is 23.5 Å². The Morgan fingerprint density at radius 2 is 1.94 bits per heavy atom. The number of thiazole rings is 1. The second-order valence-corrected chi connectivity index (χ2v) is 9.23. The molecule has 0 aliphatic carbocycles. The van der Waals surface area contributed by atoms with E-state index in [1.165, 1.54) is 17.0 Å². The van der Waals surface area contributed by atoms with Gasteiger partial charge < -0.3 is 9.59 Å². The Morgan fingerprint density at radius 3 is 2.62 bits per heavy atom. The van der Waals surface area contributed by atoms with Crippen LogP contribution < -0.4 is 4.90 Å². The predicted molar refractivity (Wildman–Crippen MR) is 124 cm³/mol. The first kappa shape index (κ1) is 25.4. The summed E-state index contributed by atoms with van der Waals surface area (Å²) in [4.78, 5) is 18.9. The Balaban J connectivity index is 1.96. The van der Waals surface area contributed by atoms with Gasteiger partial charge in [-0.3, -0.25) is 9.69 Å². The molecule has 0 atom stereocenters. The van der Waals surface area contributed by atoms with E-state index in [9.17, 15) is 23.1 Å². The quantitative estimate of drug-likeness (QED) is 0.350. The summed E-state index contributed by atoms with van der Waals surface area (Å²) < 4.78 is 40.3. The Hall–Kier alpha value is -3.26. The molecule has 2 aromatic carbocycles. The molecule has 0 spiro atoms. The van der Waals surface area contributed by atoms with E-state index >= 15 is 0 Å².